The Hall–Kier alpha value is -3.74. The third-order valence-corrected chi connectivity index (χ3v) is 8.22. The minimum Gasteiger partial charge on any atom is -0.115 e. The first-order valence-corrected chi connectivity index (χ1v) is 13.4. The molecule has 0 N–H and O–H groups in total. The monoisotopic (exact) mass is 482 g/mol. The van der Waals surface area contributed by atoms with Crippen LogP contribution in [-0.2, 0) is 10.8 Å². The van der Waals surface area contributed by atoms with Crippen molar-refractivity contribution >= 4 is 0 Å². The van der Waals surface area contributed by atoms with E-state index in [-0.39, 0.29) is 16.2 Å². The second-order valence-corrected chi connectivity index (χ2v) is 10.9. The van der Waals surface area contributed by atoms with Gasteiger partial charge in [0.1, 0.15) is 0 Å². The summed E-state index contributed by atoms with van der Waals surface area (Å²) in [5.41, 5.74) is 4.91. The average molecular weight is 483 g/mol. The maximum Gasteiger partial charge on any atom is 0.0375 e. The number of hydrogen-bond acceptors (Lipinski definition) is 0. The van der Waals surface area contributed by atoms with Crippen molar-refractivity contribution < 1.29 is 0 Å². The van der Waals surface area contributed by atoms with E-state index in [4.69, 9.17) is 6.42 Å². The molecule has 37 heavy (non-hydrogen) atoms. The van der Waals surface area contributed by atoms with Gasteiger partial charge in [-0.05, 0) is 79.2 Å². The van der Waals surface area contributed by atoms with Gasteiger partial charge < -0.3 is 0 Å². The van der Waals surface area contributed by atoms with Crippen LogP contribution in [0.1, 0.15) is 69.6 Å². The van der Waals surface area contributed by atoms with Crippen LogP contribution in [0.5, 0.6) is 0 Å². The Morgan fingerprint density at radius 1 is 0.838 bits per heavy atom. The van der Waals surface area contributed by atoms with E-state index in [0.717, 1.165) is 37.7 Å². The fourth-order valence-electron chi connectivity index (χ4n) is 6.61. The number of rotatable bonds is 6. The zero-order chi connectivity index (χ0) is 26.2. The van der Waals surface area contributed by atoms with Crippen molar-refractivity contribution in [3.8, 4) is 24.2 Å². The van der Waals surface area contributed by atoms with E-state index in [1.54, 1.807) is 0 Å². The third kappa shape index (κ3) is 5.98. The predicted octanol–water partition coefficient (Wildman–Crippen LogP) is 9.04. The minimum absolute atomic E-state index is 0.0180. The number of benzene rings is 3. The van der Waals surface area contributed by atoms with Crippen molar-refractivity contribution in [1.82, 2.24) is 0 Å². The lowest BCUT2D eigenvalue weighted by Gasteiger charge is -2.54. The van der Waals surface area contributed by atoms with Crippen LogP contribution < -0.4 is 0 Å². The van der Waals surface area contributed by atoms with Crippen LogP contribution in [0, 0.1) is 29.6 Å². The second-order valence-electron chi connectivity index (χ2n) is 10.9. The molecule has 1 saturated carbocycles. The largest absolute Gasteiger partial charge is 0.115 e. The summed E-state index contributed by atoms with van der Waals surface area (Å²) in [5.74, 6) is 10.2. The van der Waals surface area contributed by atoms with Crippen molar-refractivity contribution in [2.75, 3.05) is 0 Å². The molecule has 0 heteroatoms. The van der Waals surface area contributed by atoms with E-state index in [1.165, 1.54) is 16.7 Å². The highest BCUT2D eigenvalue weighted by atomic mass is 14.6. The molecule has 0 amide bonds. The maximum atomic E-state index is 5.60. The Bertz CT molecular complexity index is 1330. The Kier molecular flexibility index (Phi) is 8.21. The van der Waals surface area contributed by atoms with Gasteiger partial charge >= 0.3 is 0 Å². The second kappa shape index (κ2) is 11.5. The lowest BCUT2D eigenvalue weighted by atomic mass is 9.49. The van der Waals surface area contributed by atoms with Crippen LogP contribution in [0.3, 0.4) is 0 Å². The smallest absolute Gasteiger partial charge is 0.0375 e. The predicted molar refractivity (Wildman–Crippen MR) is 158 cm³/mol. The topological polar surface area (TPSA) is 0 Å². The van der Waals surface area contributed by atoms with E-state index in [1.807, 2.05) is 12.1 Å². The molecule has 0 nitrogen and oxygen atoms in total. The zero-order valence-corrected chi connectivity index (χ0v) is 22.5. The van der Waals surface area contributed by atoms with Gasteiger partial charge in [0.05, 0.1) is 0 Å². The Balaban J connectivity index is 1.94. The average Bonchev–Trinajstić information content (AvgIpc) is 2.95. The van der Waals surface area contributed by atoms with Gasteiger partial charge in [-0.3, -0.25) is 0 Å². The molecule has 1 aliphatic rings. The fourth-order valence-corrected chi connectivity index (χ4v) is 6.61. The molecule has 3 aromatic carbocycles. The summed E-state index contributed by atoms with van der Waals surface area (Å²) in [5, 5.41) is 0. The highest BCUT2D eigenvalue weighted by Gasteiger charge is 2.52. The van der Waals surface area contributed by atoms with Gasteiger partial charge in [-0.1, -0.05) is 128 Å². The first kappa shape index (κ1) is 26.3. The van der Waals surface area contributed by atoms with E-state index >= 15 is 0 Å². The van der Waals surface area contributed by atoms with Gasteiger partial charge in [-0.25, -0.2) is 0 Å². The van der Waals surface area contributed by atoms with E-state index in [0.29, 0.717) is 0 Å². The van der Waals surface area contributed by atoms with Crippen molar-refractivity contribution in [3.63, 3.8) is 0 Å². The minimum atomic E-state index is -0.217. The highest BCUT2D eigenvalue weighted by Crippen LogP contribution is 2.59. The van der Waals surface area contributed by atoms with E-state index in [2.05, 4.69) is 136 Å². The number of hydrogen-bond donors (Lipinski definition) is 0. The van der Waals surface area contributed by atoms with Crippen LogP contribution in [-0.4, -0.2) is 0 Å². The van der Waals surface area contributed by atoms with Gasteiger partial charge in [-0.2, -0.15) is 0 Å². The van der Waals surface area contributed by atoms with Crippen molar-refractivity contribution in [2.45, 2.75) is 63.7 Å². The number of allylic oxidation sites excluding steroid dienone is 4. The normalized spacial score (nSPS) is 25.7. The fraction of sp³-hybridized carbons (Fsp3) is 0.297. The van der Waals surface area contributed by atoms with E-state index in [9.17, 15) is 0 Å². The van der Waals surface area contributed by atoms with Crippen molar-refractivity contribution in [1.29, 1.82) is 0 Å². The quantitative estimate of drug-likeness (QED) is 0.243. The van der Waals surface area contributed by atoms with Gasteiger partial charge in [0.2, 0.25) is 0 Å². The first-order valence-electron chi connectivity index (χ1n) is 13.4. The summed E-state index contributed by atoms with van der Waals surface area (Å²) in [6.45, 7) is 6.92. The van der Waals surface area contributed by atoms with Crippen LogP contribution in [0.15, 0.2) is 115 Å². The van der Waals surface area contributed by atoms with Crippen molar-refractivity contribution in [2.24, 2.45) is 5.41 Å². The van der Waals surface area contributed by atoms with Gasteiger partial charge in [-0.15, -0.1) is 6.42 Å². The Labute approximate surface area is 224 Å². The summed E-state index contributed by atoms with van der Waals surface area (Å²) in [6.07, 6.45) is 16.8. The van der Waals surface area contributed by atoms with Gasteiger partial charge in [0.25, 0.3) is 0 Å². The standard InChI is InChI=1S/C37H38/c1-5-8-18-31(6-2)27-36(26-25-32-19-12-9-13-20-32)28-35(4,33-21-14-10-15-22-33)29-37(7-3,30-36)34-23-16-11-17-24-34/h1,6,8-24H,7,27-30H2,2-4H3/b18-8-,31-6+. The highest BCUT2D eigenvalue weighted by molar-refractivity contribution is 5.42. The molecule has 3 unspecified atom stereocenters. The number of terminal acetylenes is 1. The SMILES string of the molecule is C#C/C=C\C(=C/C)CC1(C#Cc2ccccc2)CC(C)(c2ccccc2)CC(CC)(c2ccccc2)C1. The molecule has 1 fully saturated rings. The molecule has 0 saturated heterocycles. The molecule has 1 aliphatic carbocycles. The van der Waals surface area contributed by atoms with Crippen LogP contribution in [0.25, 0.3) is 0 Å². The van der Waals surface area contributed by atoms with Gasteiger partial charge in [0.15, 0.2) is 0 Å². The molecule has 4 rings (SSSR count). The van der Waals surface area contributed by atoms with Crippen LogP contribution >= 0.6 is 0 Å². The summed E-state index contributed by atoms with van der Waals surface area (Å²) in [4.78, 5) is 0. The molecular weight excluding hydrogens is 444 g/mol. The molecule has 3 aromatic rings. The molecule has 0 heterocycles. The summed E-state index contributed by atoms with van der Waals surface area (Å²) >= 11 is 0. The Morgan fingerprint density at radius 2 is 1.43 bits per heavy atom. The van der Waals surface area contributed by atoms with Gasteiger partial charge in [0, 0.05) is 11.0 Å². The molecule has 0 aromatic heterocycles. The summed E-state index contributed by atoms with van der Waals surface area (Å²) in [7, 11) is 0. The molecular formula is C37H38. The molecule has 0 spiro atoms. The summed E-state index contributed by atoms with van der Waals surface area (Å²) < 4.78 is 0. The molecule has 0 radical (unpaired) electrons. The lowest BCUT2D eigenvalue weighted by molar-refractivity contribution is 0.0909. The zero-order valence-electron chi connectivity index (χ0n) is 22.5. The van der Waals surface area contributed by atoms with Crippen molar-refractivity contribution in [3.05, 3.63) is 131 Å². The summed E-state index contributed by atoms with van der Waals surface area (Å²) in [6, 6.07) is 32.6. The lowest BCUT2D eigenvalue weighted by Crippen LogP contribution is -2.49. The Morgan fingerprint density at radius 3 is 2.00 bits per heavy atom. The van der Waals surface area contributed by atoms with Crippen LogP contribution in [0.4, 0.5) is 0 Å². The molecule has 3 atom stereocenters. The maximum absolute atomic E-state index is 5.60. The van der Waals surface area contributed by atoms with E-state index < -0.39 is 0 Å². The molecule has 0 aliphatic heterocycles. The molecule has 186 valence electrons. The van der Waals surface area contributed by atoms with Crippen LogP contribution in [0.2, 0.25) is 0 Å². The molecule has 0 bridgehead atoms. The first-order chi connectivity index (χ1) is 18.0. The third-order valence-electron chi connectivity index (χ3n) is 8.22.